The van der Waals surface area contributed by atoms with E-state index in [4.69, 9.17) is 0 Å². The number of hydrogen-bond acceptors (Lipinski definition) is 2. The fourth-order valence-corrected chi connectivity index (χ4v) is 3.87. The van der Waals surface area contributed by atoms with Crippen LogP contribution in [0.3, 0.4) is 0 Å². The van der Waals surface area contributed by atoms with Gasteiger partial charge in [0.15, 0.2) is 5.78 Å². The molecule has 1 aliphatic rings. The molecule has 0 saturated heterocycles. The molecule has 1 aliphatic carbocycles. The molecule has 0 fully saturated rings. The van der Waals surface area contributed by atoms with Gasteiger partial charge >= 0.3 is 0 Å². The quantitative estimate of drug-likeness (QED) is 0.840. The van der Waals surface area contributed by atoms with Gasteiger partial charge < -0.3 is 0 Å². The zero-order valence-corrected chi connectivity index (χ0v) is 13.5. The maximum Gasteiger partial charge on any atom is 0.280 e. The minimum Gasteiger partial charge on any atom is -0.294 e. The Morgan fingerprint density at radius 2 is 2.17 bits per heavy atom. The Morgan fingerprint density at radius 1 is 1.43 bits per heavy atom. The Morgan fingerprint density at radius 3 is 2.87 bits per heavy atom. The lowest BCUT2D eigenvalue weighted by Crippen LogP contribution is -2.12. The molecule has 0 unspecified atom stereocenters. The van der Waals surface area contributed by atoms with Crippen molar-refractivity contribution in [2.45, 2.75) is 51.4 Å². The van der Waals surface area contributed by atoms with Crippen LogP contribution in [0, 0.1) is 0 Å². The number of H-pyrrole nitrogens is 1. The number of halogens is 2. The SMILES string of the molecule is C[C@@H]1CC(C)(C)c2cccc(CC(=O)c3cn[nH]c3C(F)F)c21. The molecule has 2 aromatic rings. The molecule has 1 aromatic carbocycles. The van der Waals surface area contributed by atoms with Gasteiger partial charge in [-0.05, 0) is 34.4 Å². The van der Waals surface area contributed by atoms with E-state index in [-0.39, 0.29) is 23.2 Å². The molecule has 1 aromatic heterocycles. The van der Waals surface area contributed by atoms with Crippen LogP contribution in [0.15, 0.2) is 24.4 Å². The van der Waals surface area contributed by atoms with Crippen LogP contribution in [0.1, 0.15) is 72.3 Å². The van der Waals surface area contributed by atoms with Crippen molar-refractivity contribution in [2.24, 2.45) is 0 Å². The second-order valence-corrected chi connectivity index (χ2v) is 6.97. The number of aromatic nitrogens is 2. The van der Waals surface area contributed by atoms with Gasteiger partial charge in [0.25, 0.3) is 6.43 Å². The summed E-state index contributed by atoms with van der Waals surface area (Å²) in [6, 6.07) is 5.98. The molecule has 3 rings (SSSR count). The fourth-order valence-electron chi connectivity index (χ4n) is 3.87. The summed E-state index contributed by atoms with van der Waals surface area (Å²) in [5.41, 5.74) is 3.08. The molecule has 23 heavy (non-hydrogen) atoms. The minimum atomic E-state index is -2.73. The highest BCUT2D eigenvalue weighted by atomic mass is 19.3. The van der Waals surface area contributed by atoms with Gasteiger partial charge in [0.1, 0.15) is 5.69 Å². The second-order valence-electron chi connectivity index (χ2n) is 6.97. The number of alkyl halides is 2. The maximum absolute atomic E-state index is 12.9. The first-order valence-electron chi connectivity index (χ1n) is 7.78. The van der Waals surface area contributed by atoms with Crippen LogP contribution < -0.4 is 0 Å². The van der Waals surface area contributed by atoms with Gasteiger partial charge in [-0.2, -0.15) is 5.10 Å². The number of hydrogen-bond donors (Lipinski definition) is 1. The molecule has 0 bridgehead atoms. The van der Waals surface area contributed by atoms with Crippen molar-refractivity contribution >= 4 is 5.78 Å². The first kappa shape index (κ1) is 15.8. The molecule has 0 spiro atoms. The Balaban J connectivity index is 1.95. The predicted molar refractivity (Wildman–Crippen MR) is 84.1 cm³/mol. The maximum atomic E-state index is 12.9. The lowest BCUT2D eigenvalue weighted by molar-refractivity contribution is 0.0977. The van der Waals surface area contributed by atoms with E-state index in [9.17, 15) is 13.6 Å². The van der Waals surface area contributed by atoms with Crippen molar-refractivity contribution in [3.63, 3.8) is 0 Å². The zero-order chi connectivity index (χ0) is 16.8. The van der Waals surface area contributed by atoms with Crippen molar-refractivity contribution in [1.29, 1.82) is 0 Å². The summed E-state index contributed by atoms with van der Waals surface area (Å²) >= 11 is 0. The van der Waals surface area contributed by atoms with Crippen molar-refractivity contribution in [1.82, 2.24) is 10.2 Å². The normalized spacial score (nSPS) is 19.1. The third-order valence-electron chi connectivity index (χ3n) is 4.77. The predicted octanol–water partition coefficient (Wildman–Crippen LogP) is 4.56. The summed E-state index contributed by atoms with van der Waals surface area (Å²) in [6.45, 7) is 6.56. The molecule has 3 nitrogen and oxygen atoms in total. The molecule has 0 aliphatic heterocycles. The van der Waals surface area contributed by atoms with E-state index in [1.165, 1.54) is 17.3 Å². The van der Waals surface area contributed by atoms with Crippen molar-refractivity contribution in [3.8, 4) is 0 Å². The van der Waals surface area contributed by atoms with E-state index in [1.807, 2.05) is 12.1 Å². The van der Waals surface area contributed by atoms with Crippen LogP contribution in [-0.2, 0) is 11.8 Å². The smallest absolute Gasteiger partial charge is 0.280 e. The van der Waals surface area contributed by atoms with Gasteiger partial charge in [-0.1, -0.05) is 39.0 Å². The van der Waals surface area contributed by atoms with Crippen molar-refractivity contribution < 1.29 is 13.6 Å². The number of carbonyl (C=O) groups excluding carboxylic acids is 1. The largest absolute Gasteiger partial charge is 0.294 e. The third-order valence-corrected chi connectivity index (χ3v) is 4.77. The number of nitrogens with zero attached hydrogens (tertiary/aromatic N) is 1. The fraction of sp³-hybridized carbons (Fsp3) is 0.444. The number of benzene rings is 1. The molecule has 122 valence electrons. The van der Waals surface area contributed by atoms with Gasteiger partial charge in [-0.15, -0.1) is 0 Å². The molecule has 5 heteroatoms. The Labute approximate surface area is 134 Å². The van der Waals surface area contributed by atoms with Crippen LogP contribution in [0.4, 0.5) is 8.78 Å². The summed E-state index contributed by atoms with van der Waals surface area (Å²) in [5.74, 6) is 0.0438. The monoisotopic (exact) mass is 318 g/mol. The summed E-state index contributed by atoms with van der Waals surface area (Å²) < 4.78 is 25.8. The summed E-state index contributed by atoms with van der Waals surface area (Å²) in [7, 11) is 0. The highest BCUT2D eigenvalue weighted by molar-refractivity contribution is 5.98. The molecule has 0 amide bonds. The van der Waals surface area contributed by atoms with Crippen LogP contribution in [-0.4, -0.2) is 16.0 Å². The number of ketones is 1. The van der Waals surface area contributed by atoms with E-state index in [1.54, 1.807) is 0 Å². The van der Waals surface area contributed by atoms with Gasteiger partial charge in [0, 0.05) is 6.42 Å². The van der Waals surface area contributed by atoms with Gasteiger partial charge in [0.05, 0.1) is 11.8 Å². The molecular weight excluding hydrogens is 298 g/mol. The van der Waals surface area contributed by atoms with Gasteiger partial charge in [-0.3, -0.25) is 9.89 Å². The molecule has 0 saturated carbocycles. The summed E-state index contributed by atoms with van der Waals surface area (Å²) in [5, 5.41) is 5.82. The van der Waals surface area contributed by atoms with E-state index >= 15 is 0 Å². The van der Waals surface area contributed by atoms with Crippen LogP contribution >= 0.6 is 0 Å². The number of Topliss-reactive ketones (excluding diaryl/α,β-unsaturated/α-hetero) is 1. The topological polar surface area (TPSA) is 45.8 Å². The zero-order valence-electron chi connectivity index (χ0n) is 13.5. The van der Waals surface area contributed by atoms with Crippen LogP contribution in [0.2, 0.25) is 0 Å². The third kappa shape index (κ3) is 2.69. The van der Waals surface area contributed by atoms with E-state index < -0.39 is 12.1 Å². The summed E-state index contributed by atoms with van der Waals surface area (Å²) in [6.07, 6.45) is -0.374. The van der Waals surface area contributed by atoms with E-state index in [0.29, 0.717) is 5.92 Å². The highest BCUT2D eigenvalue weighted by Crippen LogP contribution is 2.47. The first-order valence-corrected chi connectivity index (χ1v) is 7.78. The Hall–Kier alpha value is -2.04. The number of fused-ring (bicyclic) bond motifs is 1. The van der Waals surface area contributed by atoms with Crippen LogP contribution in [0.25, 0.3) is 0 Å². The number of aromatic amines is 1. The minimum absolute atomic E-state index is 0.0116. The Kier molecular flexibility index (Phi) is 3.82. The number of rotatable bonds is 4. The molecule has 1 heterocycles. The van der Waals surface area contributed by atoms with E-state index in [2.05, 4.69) is 37.0 Å². The lowest BCUT2D eigenvalue weighted by Gasteiger charge is -2.19. The highest BCUT2D eigenvalue weighted by Gasteiger charge is 2.36. The standard InChI is InChI=1S/C18H20F2N2O/c1-10-8-18(2,3)13-6-4-5-11(15(10)13)7-14(23)12-9-21-22-16(12)17(19)20/h4-6,9-10,17H,7-8H2,1-3H3,(H,21,22)/t10-/m1/s1. The van der Waals surface area contributed by atoms with Crippen LogP contribution in [0.5, 0.6) is 0 Å². The van der Waals surface area contributed by atoms with Crippen molar-refractivity contribution in [2.75, 3.05) is 0 Å². The average Bonchev–Trinajstić information content (AvgIpc) is 3.03. The van der Waals surface area contributed by atoms with Gasteiger partial charge in [-0.25, -0.2) is 8.78 Å². The molecule has 1 N–H and O–H groups in total. The first-order chi connectivity index (χ1) is 10.8. The average molecular weight is 318 g/mol. The molecule has 1 atom stereocenters. The summed E-state index contributed by atoms with van der Waals surface area (Å²) in [4.78, 5) is 12.5. The molecule has 0 radical (unpaired) electrons. The molecular formula is C18H20F2N2O. The number of carbonyl (C=O) groups is 1. The number of nitrogens with one attached hydrogen (secondary N) is 1. The second kappa shape index (κ2) is 5.55. The Bertz CT molecular complexity index is 749. The van der Waals surface area contributed by atoms with Crippen molar-refractivity contribution in [3.05, 3.63) is 52.3 Å². The van der Waals surface area contributed by atoms with E-state index in [0.717, 1.165) is 12.0 Å². The lowest BCUT2D eigenvalue weighted by atomic mass is 9.85. The van der Waals surface area contributed by atoms with Gasteiger partial charge in [0.2, 0.25) is 0 Å².